The molecule has 0 atom stereocenters. The van der Waals surface area contributed by atoms with Gasteiger partial charge < -0.3 is 14.9 Å². The van der Waals surface area contributed by atoms with Gasteiger partial charge in [-0.25, -0.2) is 9.78 Å². The topological polar surface area (TPSA) is 78.3 Å². The van der Waals surface area contributed by atoms with Crippen molar-refractivity contribution in [3.63, 3.8) is 0 Å². The smallest absolute Gasteiger partial charge is 0.359 e. The van der Waals surface area contributed by atoms with Crippen molar-refractivity contribution in [2.24, 2.45) is 0 Å². The number of halogens is 1. The molecule has 5 nitrogen and oxygen atoms in total. The van der Waals surface area contributed by atoms with Crippen molar-refractivity contribution in [1.29, 1.82) is 0 Å². The number of ether oxygens (including phenoxy) is 1. The maximum atomic E-state index is 11.3. The molecule has 7 heteroatoms. The largest absolute Gasteiger partial charge is 0.464 e. The summed E-state index contributed by atoms with van der Waals surface area (Å²) in [6.07, 6.45) is 1.44. The number of hydrogen-bond donors (Lipinski definition) is 1. The minimum atomic E-state index is -0.570. The van der Waals surface area contributed by atoms with Gasteiger partial charge >= 0.3 is 5.97 Å². The third-order valence-electron chi connectivity index (χ3n) is 1.88. The highest BCUT2D eigenvalue weighted by Crippen LogP contribution is 2.35. The highest BCUT2D eigenvalue weighted by atomic mass is 35.5. The van der Waals surface area contributed by atoms with E-state index in [1.165, 1.54) is 13.4 Å². The zero-order valence-corrected chi connectivity index (χ0v) is 9.76. The number of carbonyl (C=O) groups is 1. The van der Waals surface area contributed by atoms with Crippen LogP contribution >= 0.6 is 22.9 Å². The van der Waals surface area contributed by atoms with Crippen LogP contribution in [0.25, 0.3) is 10.6 Å². The lowest BCUT2D eigenvalue weighted by molar-refractivity contribution is 0.0596. The van der Waals surface area contributed by atoms with Gasteiger partial charge in [0.25, 0.3) is 0 Å². The monoisotopic (exact) mass is 258 g/mol. The molecule has 2 rings (SSSR count). The molecule has 0 spiro atoms. The lowest BCUT2D eigenvalue weighted by atomic mass is 10.3. The van der Waals surface area contributed by atoms with Crippen molar-refractivity contribution < 1.29 is 13.9 Å². The van der Waals surface area contributed by atoms with Crippen LogP contribution in [0, 0.1) is 0 Å². The second kappa shape index (κ2) is 4.15. The summed E-state index contributed by atoms with van der Waals surface area (Å²) >= 11 is 6.94. The predicted octanol–water partition coefficient (Wildman–Crippen LogP) is 2.43. The molecule has 0 aliphatic rings. The Balaban J connectivity index is 2.46. The molecule has 84 valence electrons. The first kappa shape index (κ1) is 11.0. The van der Waals surface area contributed by atoms with Gasteiger partial charge in [-0.15, -0.1) is 0 Å². The molecule has 2 heterocycles. The Hall–Kier alpha value is -1.53. The molecule has 0 unspecified atom stereocenters. The van der Waals surface area contributed by atoms with Crippen LogP contribution in [-0.2, 0) is 4.74 Å². The van der Waals surface area contributed by atoms with E-state index in [0.29, 0.717) is 15.6 Å². The summed E-state index contributed by atoms with van der Waals surface area (Å²) in [6, 6.07) is 1.65. The highest BCUT2D eigenvalue weighted by Gasteiger charge is 2.19. The van der Waals surface area contributed by atoms with E-state index in [2.05, 4.69) is 9.72 Å². The van der Waals surface area contributed by atoms with E-state index in [9.17, 15) is 4.79 Å². The lowest BCUT2D eigenvalue weighted by Gasteiger charge is -1.93. The first-order valence-corrected chi connectivity index (χ1v) is 5.41. The number of nitrogens with zero attached hydrogens (tertiary/aromatic N) is 1. The molecule has 0 aromatic carbocycles. The Bertz CT molecular complexity index is 535. The number of rotatable bonds is 2. The number of nitrogen functional groups attached to an aromatic ring is 1. The molecule has 2 aromatic heterocycles. The third kappa shape index (κ3) is 1.77. The van der Waals surface area contributed by atoms with Crippen LogP contribution in [0.4, 0.5) is 5.00 Å². The van der Waals surface area contributed by atoms with Gasteiger partial charge in [-0.2, -0.15) is 0 Å². The maximum absolute atomic E-state index is 11.3. The number of hydrogen-bond acceptors (Lipinski definition) is 6. The standard InChI is InChI=1S/C9H7ClN2O3S/c1-14-9(13)5-7(11)16-8(12-5)4-2-3-15-6(4)10/h2-3H,11H2,1H3. The number of anilines is 1. The summed E-state index contributed by atoms with van der Waals surface area (Å²) in [5.74, 6) is -0.570. The Morgan fingerprint density at radius 1 is 1.69 bits per heavy atom. The molecule has 0 saturated carbocycles. The van der Waals surface area contributed by atoms with Crippen LogP contribution in [0.15, 0.2) is 16.7 Å². The van der Waals surface area contributed by atoms with Crippen LogP contribution in [0.3, 0.4) is 0 Å². The van der Waals surface area contributed by atoms with Gasteiger partial charge in [0.1, 0.15) is 10.0 Å². The van der Waals surface area contributed by atoms with E-state index >= 15 is 0 Å². The van der Waals surface area contributed by atoms with Crippen molar-refractivity contribution >= 4 is 33.9 Å². The average Bonchev–Trinajstić information content (AvgIpc) is 2.83. The van der Waals surface area contributed by atoms with Crippen LogP contribution in [0.2, 0.25) is 5.22 Å². The molecule has 2 N–H and O–H groups in total. The third-order valence-corrected chi connectivity index (χ3v) is 3.09. The van der Waals surface area contributed by atoms with Crippen LogP contribution in [0.1, 0.15) is 10.5 Å². The minimum Gasteiger partial charge on any atom is -0.464 e. The van der Waals surface area contributed by atoms with E-state index in [4.69, 9.17) is 21.8 Å². The zero-order valence-electron chi connectivity index (χ0n) is 8.19. The van der Waals surface area contributed by atoms with E-state index < -0.39 is 5.97 Å². The van der Waals surface area contributed by atoms with Gasteiger partial charge in [-0.1, -0.05) is 11.3 Å². The lowest BCUT2D eigenvalue weighted by Crippen LogP contribution is -2.04. The second-order valence-corrected chi connectivity index (χ2v) is 4.21. The van der Waals surface area contributed by atoms with Crippen LogP contribution < -0.4 is 5.73 Å². The number of furan rings is 1. The molecule has 0 saturated heterocycles. The van der Waals surface area contributed by atoms with Gasteiger partial charge in [0.05, 0.1) is 18.9 Å². The van der Waals surface area contributed by atoms with E-state index in [-0.39, 0.29) is 10.9 Å². The first-order chi connectivity index (χ1) is 7.63. The Kier molecular flexibility index (Phi) is 2.84. The van der Waals surface area contributed by atoms with E-state index in [0.717, 1.165) is 11.3 Å². The molecule has 0 fully saturated rings. The van der Waals surface area contributed by atoms with Crippen molar-refractivity contribution in [1.82, 2.24) is 4.98 Å². The number of thiazole rings is 1. The number of carbonyl (C=O) groups excluding carboxylic acids is 1. The number of methoxy groups -OCH3 is 1. The summed E-state index contributed by atoms with van der Waals surface area (Å²) < 4.78 is 9.48. The first-order valence-electron chi connectivity index (χ1n) is 4.21. The zero-order chi connectivity index (χ0) is 11.7. The van der Waals surface area contributed by atoms with Gasteiger partial charge in [-0.3, -0.25) is 0 Å². The molecule has 2 aromatic rings. The fourth-order valence-electron chi connectivity index (χ4n) is 1.14. The van der Waals surface area contributed by atoms with Crippen molar-refractivity contribution in [2.45, 2.75) is 0 Å². The average molecular weight is 259 g/mol. The van der Waals surface area contributed by atoms with Crippen LogP contribution in [-0.4, -0.2) is 18.1 Å². The molecule has 0 bridgehead atoms. The highest BCUT2D eigenvalue weighted by molar-refractivity contribution is 7.19. The fraction of sp³-hybridized carbons (Fsp3) is 0.111. The molecule has 0 radical (unpaired) electrons. The van der Waals surface area contributed by atoms with Crippen molar-refractivity contribution in [3.05, 3.63) is 23.2 Å². The Morgan fingerprint density at radius 2 is 2.44 bits per heavy atom. The number of esters is 1. The van der Waals surface area contributed by atoms with Gasteiger partial charge in [-0.05, 0) is 17.7 Å². The maximum Gasteiger partial charge on any atom is 0.359 e. The summed E-state index contributed by atoms with van der Waals surface area (Å²) in [5, 5.41) is 1.03. The van der Waals surface area contributed by atoms with Crippen LogP contribution in [0.5, 0.6) is 0 Å². The summed E-state index contributed by atoms with van der Waals surface area (Å²) in [7, 11) is 1.27. The van der Waals surface area contributed by atoms with Gasteiger partial charge in [0.15, 0.2) is 5.69 Å². The SMILES string of the molecule is COC(=O)c1nc(-c2ccoc2Cl)sc1N. The summed E-state index contributed by atoms with van der Waals surface area (Å²) in [5.41, 5.74) is 6.36. The summed E-state index contributed by atoms with van der Waals surface area (Å²) in [6.45, 7) is 0. The Morgan fingerprint density at radius 3 is 3.00 bits per heavy atom. The normalized spacial score (nSPS) is 10.4. The van der Waals surface area contributed by atoms with E-state index in [1.807, 2.05) is 0 Å². The minimum absolute atomic E-state index is 0.0970. The van der Waals surface area contributed by atoms with Crippen molar-refractivity contribution in [3.8, 4) is 10.6 Å². The quantitative estimate of drug-likeness (QED) is 0.837. The summed E-state index contributed by atoms with van der Waals surface area (Å²) in [4.78, 5) is 15.3. The number of aromatic nitrogens is 1. The van der Waals surface area contributed by atoms with Gasteiger partial charge in [0, 0.05) is 0 Å². The molecular formula is C9H7ClN2O3S. The second-order valence-electron chi connectivity index (χ2n) is 2.83. The van der Waals surface area contributed by atoms with Crippen molar-refractivity contribution in [2.75, 3.05) is 12.8 Å². The van der Waals surface area contributed by atoms with Gasteiger partial charge in [0.2, 0.25) is 5.22 Å². The molecule has 0 aliphatic heterocycles. The molecule has 0 aliphatic carbocycles. The fourth-order valence-corrected chi connectivity index (χ4v) is 2.24. The van der Waals surface area contributed by atoms with E-state index in [1.54, 1.807) is 6.07 Å². The Labute approximate surface area is 99.8 Å². The molecule has 16 heavy (non-hydrogen) atoms. The molecule has 0 amide bonds. The molecular weight excluding hydrogens is 252 g/mol. The number of nitrogens with two attached hydrogens (primary N) is 1. The predicted molar refractivity (Wildman–Crippen MR) is 60.6 cm³/mol.